The second kappa shape index (κ2) is 7.33. The van der Waals surface area contributed by atoms with Gasteiger partial charge in [0.2, 0.25) is 0 Å². The highest BCUT2D eigenvalue weighted by atomic mass is 35.5. The van der Waals surface area contributed by atoms with E-state index in [1.165, 1.54) is 17.1 Å². The number of halogens is 1. The number of non-ortho nitro benzene ring substituents is 1. The first kappa shape index (κ1) is 17.6. The highest BCUT2D eigenvalue weighted by Crippen LogP contribution is 2.25. The molecule has 1 heterocycles. The van der Waals surface area contributed by atoms with Crippen LogP contribution in [0.25, 0.3) is 6.08 Å². The third-order valence-corrected chi connectivity index (χ3v) is 4.02. The molecule has 0 spiro atoms. The molecule has 1 aliphatic rings. The summed E-state index contributed by atoms with van der Waals surface area (Å²) in [6.45, 7) is 1.75. The average molecular weight is 368 g/mol. The molecule has 2 aromatic rings. The van der Waals surface area contributed by atoms with E-state index in [9.17, 15) is 14.9 Å². The maximum Gasteiger partial charge on any atom is 0.280 e. The summed E-state index contributed by atoms with van der Waals surface area (Å²) in [5.74, 6) is -0.242. The first-order chi connectivity index (χ1) is 12.5. The van der Waals surface area contributed by atoms with Crippen molar-refractivity contribution in [2.75, 3.05) is 5.01 Å². The lowest BCUT2D eigenvalue weighted by atomic mass is 10.1. The molecule has 0 fully saturated rings. The third kappa shape index (κ3) is 3.70. The summed E-state index contributed by atoms with van der Waals surface area (Å²) in [6, 6.07) is 13.1. The minimum Gasteiger partial charge on any atom is -0.267 e. The summed E-state index contributed by atoms with van der Waals surface area (Å²) < 4.78 is 0. The maximum atomic E-state index is 12.6. The topological polar surface area (TPSA) is 75.8 Å². The lowest BCUT2D eigenvalue weighted by molar-refractivity contribution is -0.384. The zero-order valence-electron chi connectivity index (χ0n) is 13.8. The van der Waals surface area contributed by atoms with Gasteiger partial charge in [-0.15, -0.1) is 0 Å². The Labute approximate surface area is 154 Å². The van der Waals surface area contributed by atoms with Crippen LogP contribution < -0.4 is 5.01 Å². The lowest BCUT2D eigenvalue weighted by Gasteiger charge is -2.11. The van der Waals surface area contributed by atoms with E-state index in [0.717, 1.165) is 0 Å². The van der Waals surface area contributed by atoms with Gasteiger partial charge in [-0.2, -0.15) is 10.1 Å². The average Bonchev–Trinajstić information content (AvgIpc) is 2.91. The van der Waals surface area contributed by atoms with Gasteiger partial charge in [0.25, 0.3) is 11.6 Å². The minimum absolute atomic E-state index is 0.0170. The van der Waals surface area contributed by atoms with Crippen molar-refractivity contribution in [1.29, 1.82) is 0 Å². The zero-order valence-corrected chi connectivity index (χ0v) is 14.6. The number of benzene rings is 2. The van der Waals surface area contributed by atoms with Gasteiger partial charge in [-0.05, 0) is 42.8 Å². The molecule has 0 unspecified atom stereocenters. The van der Waals surface area contributed by atoms with Crippen LogP contribution >= 0.6 is 11.6 Å². The Hall–Kier alpha value is -3.25. The van der Waals surface area contributed by atoms with Gasteiger partial charge in [0, 0.05) is 17.2 Å². The summed E-state index contributed by atoms with van der Waals surface area (Å²) in [5, 5.41) is 17.0. The molecule has 0 saturated carbocycles. The van der Waals surface area contributed by atoms with Crippen molar-refractivity contribution in [2.24, 2.45) is 5.10 Å². The SMILES string of the molecule is CC1=NN(c2ccc(Cl)cc2)C(=O)/C1=C\C=C\c1cccc([N+](=O)[O-])c1. The molecule has 130 valence electrons. The van der Waals surface area contributed by atoms with Gasteiger partial charge in [-0.25, -0.2) is 0 Å². The van der Waals surface area contributed by atoms with Crippen molar-refractivity contribution in [3.63, 3.8) is 0 Å². The number of amides is 1. The summed E-state index contributed by atoms with van der Waals surface area (Å²) in [6.07, 6.45) is 5.03. The molecule has 1 aliphatic heterocycles. The zero-order chi connectivity index (χ0) is 18.7. The summed E-state index contributed by atoms with van der Waals surface area (Å²) in [7, 11) is 0. The molecule has 26 heavy (non-hydrogen) atoms. The van der Waals surface area contributed by atoms with Crippen LogP contribution in [-0.4, -0.2) is 16.5 Å². The molecule has 0 bridgehead atoms. The molecule has 0 radical (unpaired) electrons. The van der Waals surface area contributed by atoms with Gasteiger partial charge < -0.3 is 0 Å². The van der Waals surface area contributed by atoms with Crippen molar-refractivity contribution in [2.45, 2.75) is 6.92 Å². The monoisotopic (exact) mass is 367 g/mol. The molecule has 0 N–H and O–H groups in total. The molecule has 0 atom stereocenters. The quantitative estimate of drug-likeness (QED) is 0.450. The second-order valence-corrected chi connectivity index (χ2v) is 6.01. The van der Waals surface area contributed by atoms with Gasteiger partial charge in [0.05, 0.1) is 21.9 Å². The highest BCUT2D eigenvalue weighted by molar-refractivity contribution is 6.31. The van der Waals surface area contributed by atoms with E-state index in [-0.39, 0.29) is 11.6 Å². The van der Waals surface area contributed by atoms with Crippen LogP contribution in [0.15, 0.2) is 71.4 Å². The highest BCUT2D eigenvalue weighted by Gasteiger charge is 2.28. The van der Waals surface area contributed by atoms with Crippen molar-refractivity contribution in [1.82, 2.24) is 0 Å². The first-order valence-corrected chi connectivity index (χ1v) is 8.12. The molecule has 7 heteroatoms. The number of rotatable bonds is 4. The third-order valence-electron chi connectivity index (χ3n) is 3.77. The van der Waals surface area contributed by atoms with Crippen molar-refractivity contribution in [3.05, 3.63) is 87.0 Å². The Kier molecular flexibility index (Phi) is 4.95. The van der Waals surface area contributed by atoms with Crippen LogP contribution in [0.5, 0.6) is 0 Å². The van der Waals surface area contributed by atoms with Gasteiger partial charge in [-0.3, -0.25) is 14.9 Å². The molecular weight excluding hydrogens is 354 g/mol. The Morgan fingerprint density at radius 3 is 2.62 bits per heavy atom. The Balaban J connectivity index is 1.80. The van der Waals surface area contributed by atoms with E-state index < -0.39 is 4.92 Å². The van der Waals surface area contributed by atoms with Crippen molar-refractivity contribution >= 4 is 40.7 Å². The first-order valence-electron chi connectivity index (χ1n) is 7.74. The van der Waals surface area contributed by atoms with Crippen LogP contribution in [0.4, 0.5) is 11.4 Å². The Morgan fingerprint density at radius 2 is 1.92 bits per heavy atom. The summed E-state index contributed by atoms with van der Waals surface area (Å²) >= 11 is 5.87. The fourth-order valence-corrected chi connectivity index (χ4v) is 2.59. The number of anilines is 1. The van der Waals surface area contributed by atoms with Crippen LogP contribution in [0.2, 0.25) is 5.02 Å². The van der Waals surface area contributed by atoms with E-state index in [1.54, 1.807) is 61.5 Å². The van der Waals surface area contributed by atoms with Gasteiger partial charge in [0.1, 0.15) is 0 Å². The largest absolute Gasteiger partial charge is 0.280 e. The summed E-state index contributed by atoms with van der Waals surface area (Å²) in [5.41, 5.74) is 2.37. The fourth-order valence-electron chi connectivity index (χ4n) is 2.46. The van der Waals surface area contributed by atoms with Crippen molar-refractivity contribution in [3.8, 4) is 0 Å². The number of nitro benzene ring substituents is 1. The molecule has 0 saturated heterocycles. The van der Waals surface area contributed by atoms with E-state index in [2.05, 4.69) is 5.10 Å². The number of hydrogen-bond donors (Lipinski definition) is 0. The number of nitrogens with zero attached hydrogens (tertiary/aromatic N) is 3. The predicted octanol–water partition coefficient (Wildman–Crippen LogP) is 4.61. The standard InChI is InChI=1S/C19H14ClN3O3/c1-13-18(7-3-5-14-4-2-6-17(12-14)23(25)26)19(24)22(21-13)16-10-8-15(20)9-11-16/h2-12H,1H3/b5-3+,18-7-. The smallest absolute Gasteiger partial charge is 0.267 e. The van der Waals surface area contributed by atoms with Crippen LogP contribution in [0, 0.1) is 10.1 Å². The van der Waals surface area contributed by atoms with Gasteiger partial charge in [0.15, 0.2) is 0 Å². The number of carbonyl (C=O) groups excluding carboxylic acids is 1. The number of allylic oxidation sites excluding steroid dienone is 2. The number of carbonyl (C=O) groups is 1. The Bertz CT molecular complexity index is 962. The molecular formula is C19H14ClN3O3. The number of hydrazone groups is 1. The molecule has 3 rings (SSSR count). The normalized spacial score (nSPS) is 15.8. The van der Waals surface area contributed by atoms with Gasteiger partial charge >= 0.3 is 0 Å². The van der Waals surface area contributed by atoms with Crippen LogP contribution in [-0.2, 0) is 4.79 Å². The summed E-state index contributed by atoms with van der Waals surface area (Å²) in [4.78, 5) is 22.9. The minimum atomic E-state index is -0.447. The van der Waals surface area contributed by atoms with E-state index in [1.807, 2.05) is 0 Å². The maximum absolute atomic E-state index is 12.6. The Morgan fingerprint density at radius 1 is 1.19 bits per heavy atom. The molecule has 6 nitrogen and oxygen atoms in total. The molecule has 0 aromatic heterocycles. The second-order valence-electron chi connectivity index (χ2n) is 5.57. The number of hydrogen-bond acceptors (Lipinski definition) is 4. The molecule has 0 aliphatic carbocycles. The van der Waals surface area contributed by atoms with Crippen LogP contribution in [0.1, 0.15) is 12.5 Å². The van der Waals surface area contributed by atoms with E-state index in [0.29, 0.717) is 27.6 Å². The predicted molar refractivity (Wildman–Crippen MR) is 102 cm³/mol. The fraction of sp³-hybridized carbons (Fsp3) is 0.0526. The lowest BCUT2D eigenvalue weighted by Crippen LogP contribution is -2.21. The van der Waals surface area contributed by atoms with E-state index in [4.69, 9.17) is 11.6 Å². The van der Waals surface area contributed by atoms with Gasteiger partial charge in [-0.1, -0.05) is 35.9 Å². The molecule has 1 amide bonds. The van der Waals surface area contributed by atoms with E-state index >= 15 is 0 Å². The number of nitro groups is 1. The van der Waals surface area contributed by atoms with Crippen LogP contribution in [0.3, 0.4) is 0 Å². The molecule has 2 aromatic carbocycles. The van der Waals surface area contributed by atoms with Crippen molar-refractivity contribution < 1.29 is 9.72 Å².